The Balaban J connectivity index is 1.60. The number of nitrogens with zero attached hydrogens (tertiary/aromatic N) is 3. The SMILES string of the molecule is CN=C(NCC(c1c(F)cccc1F)N(C)C)NC1CC(C)N(C2CC2)C1. The zero-order valence-electron chi connectivity index (χ0n) is 16.7. The number of rotatable bonds is 6. The lowest BCUT2D eigenvalue weighted by atomic mass is 10.0. The highest BCUT2D eigenvalue weighted by molar-refractivity contribution is 5.80. The number of aliphatic imine (C=N–C) groups is 1. The lowest BCUT2D eigenvalue weighted by Crippen LogP contribution is -2.47. The molecule has 0 spiro atoms. The van der Waals surface area contributed by atoms with E-state index < -0.39 is 17.7 Å². The molecular formula is C20H31F2N5. The Labute approximate surface area is 160 Å². The van der Waals surface area contributed by atoms with Crippen molar-refractivity contribution < 1.29 is 8.78 Å². The maximum Gasteiger partial charge on any atom is 0.191 e. The summed E-state index contributed by atoms with van der Waals surface area (Å²) in [6, 6.07) is 5.23. The molecule has 7 heteroatoms. The second kappa shape index (κ2) is 8.52. The standard InChI is InChI=1S/C20H31F2N5/c1-13-10-14(12-27(13)15-8-9-15)25-20(23-2)24-11-18(26(3)4)19-16(21)6-5-7-17(19)22/h5-7,13-15,18H,8-12H2,1-4H3,(H2,23,24,25). The van der Waals surface area contributed by atoms with Gasteiger partial charge in [0.1, 0.15) is 11.6 Å². The van der Waals surface area contributed by atoms with Crippen LogP contribution < -0.4 is 10.6 Å². The van der Waals surface area contributed by atoms with Crippen LogP contribution in [0, 0.1) is 11.6 Å². The lowest BCUT2D eigenvalue weighted by molar-refractivity contribution is 0.256. The average molecular weight is 379 g/mol. The van der Waals surface area contributed by atoms with Gasteiger partial charge in [0.25, 0.3) is 0 Å². The van der Waals surface area contributed by atoms with E-state index in [1.54, 1.807) is 7.05 Å². The van der Waals surface area contributed by atoms with Crippen molar-refractivity contribution in [1.29, 1.82) is 0 Å². The number of hydrogen-bond acceptors (Lipinski definition) is 3. The molecule has 1 heterocycles. The monoisotopic (exact) mass is 379 g/mol. The normalized spacial score (nSPS) is 25.1. The number of guanidine groups is 1. The Bertz CT molecular complexity index is 654. The molecule has 2 aliphatic rings. The third-order valence-corrected chi connectivity index (χ3v) is 5.62. The highest BCUT2D eigenvalue weighted by Crippen LogP contribution is 2.33. The molecular weight excluding hydrogens is 348 g/mol. The maximum atomic E-state index is 14.2. The van der Waals surface area contributed by atoms with Gasteiger partial charge in [0, 0.05) is 43.8 Å². The van der Waals surface area contributed by atoms with Crippen LogP contribution in [-0.4, -0.2) is 68.1 Å². The molecule has 2 fully saturated rings. The average Bonchev–Trinajstić information content (AvgIpc) is 3.39. The van der Waals surface area contributed by atoms with Gasteiger partial charge in [0.15, 0.2) is 5.96 Å². The zero-order valence-corrected chi connectivity index (χ0v) is 16.7. The first kappa shape index (κ1) is 20.0. The van der Waals surface area contributed by atoms with Gasteiger partial charge in [-0.15, -0.1) is 0 Å². The molecule has 5 nitrogen and oxygen atoms in total. The summed E-state index contributed by atoms with van der Waals surface area (Å²) in [4.78, 5) is 8.69. The van der Waals surface area contributed by atoms with Crippen LogP contribution >= 0.6 is 0 Å². The lowest BCUT2D eigenvalue weighted by Gasteiger charge is -2.27. The largest absolute Gasteiger partial charge is 0.354 e. The third-order valence-electron chi connectivity index (χ3n) is 5.62. The summed E-state index contributed by atoms with van der Waals surface area (Å²) < 4.78 is 28.4. The Kier molecular flexibility index (Phi) is 6.32. The number of likely N-dealkylation sites (N-methyl/N-ethyl adjacent to an activating group) is 1. The van der Waals surface area contributed by atoms with Crippen molar-refractivity contribution in [3.8, 4) is 0 Å². The van der Waals surface area contributed by atoms with Gasteiger partial charge in [0.2, 0.25) is 0 Å². The molecule has 3 rings (SSSR count). The second-order valence-corrected chi connectivity index (χ2v) is 7.92. The minimum Gasteiger partial charge on any atom is -0.354 e. The minimum absolute atomic E-state index is 0.0832. The van der Waals surface area contributed by atoms with Crippen LogP contribution in [0.15, 0.2) is 23.2 Å². The zero-order chi connectivity index (χ0) is 19.6. The summed E-state index contributed by atoms with van der Waals surface area (Å²) in [6.07, 6.45) is 3.70. The third kappa shape index (κ3) is 4.76. The molecule has 1 aromatic carbocycles. The molecule has 0 aromatic heterocycles. The van der Waals surface area contributed by atoms with Crippen LogP contribution in [0.3, 0.4) is 0 Å². The van der Waals surface area contributed by atoms with Crippen LogP contribution in [-0.2, 0) is 0 Å². The summed E-state index contributed by atoms with van der Waals surface area (Å²) in [6.45, 7) is 3.66. The van der Waals surface area contributed by atoms with Crippen LogP contribution in [0.25, 0.3) is 0 Å². The van der Waals surface area contributed by atoms with E-state index in [1.165, 1.54) is 31.0 Å². The number of hydrogen-bond donors (Lipinski definition) is 2. The number of halogens is 2. The fraction of sp³-hybridized carbons (Fsp3) is 0.650. The van der Waals surface area contributed by atoms with Crippen LogP contribution in [0.4, 0.5) is 8.78 Å². The van der Waals surface area contributed by atoms with Crippen molar-refractivity contribution in [1.82, 2.24) is 20.4 Å². The highest BCUT2D eigenvalue weighted by atomic mass is 19.1. The Morgan fingerprint density at radius 3 is 2.52 bits per heavy atom. The van der Waals surface area contributed by atoms with E-state index in [4.69, 9.17) is 0 Å². The topological polar surface area (TPSA) is 42.9 Å². The molecule has 27 heavy (non-hydrogen) atoms. The van der Waals surface area contributed by atoms with Gasteiger partial charge < -0.3 is 15.5 Å². The summed E-state index contributed by atoms with van der Waals surface area (Å²) in [5.74, 6) is -0.375. The molecule has 1 aliphatic carbocycles. The summed E-state index contributed by atoms with van der Waals surface area (Å²) in [5.41, 5.74) is 0.0832. The Hall–Kier alpha value is -1.73. The number of likely N-dealkylation sites (tertiary alicyclic amines) is 1. The van der Waals surface area contributed by atoms with Crippen molar-refractivity contribution in [3.63, 3.8) is 0 Å². The highest BCUT2D eigenvalue weighted by Gasteiger charge is 2.39. The summed E-state index contributed by atoms with van der Waals surface area (Å²) in [5, 5.41) is 6.73. The number of nitrogens with one attached hydrogen (secondary N) is 2. The van der Waals surface area contributed by atoms with Gasteiger partial charge in [-0.3, -0.25) is 9.89 Å². The molecule has 1 saturated heterocycles. The molecule has 2 N–H and O–H groups in total. The van der Waals surface area contributed by atoms with Gasteiger partial charge in [-0.05, 0) is 52.4 Å². The molecule has 0 amide bonds. The molecule has 1 aromatic rings. The van der Waals surface area contributed by atoms with E-state index in [0.717, 1.165) is 19.0 Å². The Morgan fingerprint density at radius 1 is 1.30 bits per heavy atom. The fourth-order valence-corrected chi connectivity index (χ4v) is 4.03. The van der Waals surface area contributed by atoms with Crippen molar-refractivity contribution in [2.75, 3.05) is 34.2 Å². The van der Waals surface area contributed by atoms with E-state index in [9.17, 15) is 8.78 Å². The summed E-state index contributed by atoms with van der Waals surface area (Å²) >= 11 is 0. The van der Waals surface area contributed by atoms with Gasteiger partial charge in [-0.25, -0.2) is 8.78 Å². The van der Waals surface area contributed by atoms with Crippen LogP contribution in [0.1, 0.15) is 37.8 Å². The van der Waals surface area contributed by atoms with E-state index >= 15 is 0 Å². The smallest absolute Gasteiger partial charge is 0.191 e. The molecule has 3 atom stereocenters. The van der Waals surface area contributed by atoms with Gasteiger partial charge >= 0.3 is 0 Å². The molecule has 0 bridgehead atoms. The van der Waals surface area contributed by atoms with Crippen molar-refractivity contribution in [3.05, 3.63) is 35.4 Å². The molecule has 3 unspecified atom stereocenters. The minimum atomic E-state index is -0.525. The second-order valence-electron chi connectivity index (χ2n) is 7.92. The molecule has 1 aliphatic heterocycles. The molecule has 150 valence electrons. The fourth-order valence-electron chi connectivity index (χ4n) is 4.03. The molecule has 1 saturated carbocycles. The predicted molar refractivity (Wildman–Crippen MR) is 105 cm³/mol. The van der Waals surface area contributed by atoms with E-state index in [0.29, 0.717) is 24.6 Å². The van der Waals surface area contributed by atoms with E-state index in [-0.39, 0.29) is 5.56 Å². The van der Waals surface area contributed by atoms with Crippen molar-refractivity contribution in [2.45, 2.75) is 50.4 Å². The van der Waals surface area contributed by atoms with E-state index in [1.807, 2.05) is 19.0 Å². The van der Waals surface area contributed by atoms with Crippen molar-refractivity contribution >= 4 is 5.96 Å². The predicted octanol–water partition coefficient (Wildman–Crippen LogP) is 2.36. The first-order valence-corrected chi connectivity index (χ1v) is 9.74. The first-order valence-electron chi connectivity index (χ1n) is 9.74. The summed E-state index contributed by atoms with van der Waals surface area (Å²) in [7, 11) is 5.36. The first-order chi connectivity index (χ1) is 12.9. The maximum absolute atomic E-state index is 14.2. The van der Waals surface area contributed by atoms with Crippen molar-refractivity contribution in [2.24, 2.45) is 4.99 Å². The number of benzene rings is 1. The Morgan fingerprint density at radius 2 is 1.96 bits per heavy atom. The quantitative estimate of drug-likeness (QED) is 0.588. The molecule has 0 radical (unpaired) electrons. The van der Waals surface area contributed by atoms with E-state index in [2.05, 4.69) is 27.4 Å². The van der Waals surface area contributed by atoms with Gasteiger partial charge in [0.05, 0.1) is 6.04 Å². The van der Waals surface area contributed by atoms with Gasteiger partial charge in [-0.1, -0.05) is 6.07 Å². The van der Waals surface area contributed by atoms with Crippen LogP contribution in [0.5, 0.6) is 0 Å². The van der Waals surface area contributed by atoms with Gasteiger partial charge in [-0.2, -0.15) is 0 Å². The van der Waals surface area contributed by atoms with Crippen LogP contribution in [0.2, 0.25) is 0 Å².